The Morgan fingerprint density at radius 1 is 1.19 bits per heavy atom. The summed E-state index contributed by atoms with van der Waals surface area (Å²) in [6.45, 7) is 4.82. The number of amides is 1. The van der Waals surface area contributed by atoms with Gasteiger partial charge in [0.25, 0.3) is 5.91 Å². The van der Waals surface area contributed by atoms with Gasteiger partial charge in [-0.25, -0.2) is 4.98 Å². The van der Waals surface area contributed by atoms with Crippen LogP contribution in [0.25, 0.3) is 0 Å². The number of halogens is 2. The van der Waals surface area contributed by atoms with Crippen molar-refractivity contribution in [3.05, 3.63) is 51.6 Å². The number of rotatable bonds is 6. The first-order valence-corrected chi connectivity index (χ1v) is 10.2. The largest absolute Gasteiger partial charge is 0.352 e. The standard InChI is InChI=1S/C21H25Cl2N3O/c1-13(2)20-16(21(27)24-12-14-5-3-4-6-14)8-10-19(26-20)25-18-9-7-15(22)11-17(18)23/h7-11,13-14H,3-6,12H2,1-2H3,(H,24,27)(H,25,26). The van der Waals surface area contributed by atoms with Crippen LogP contribution in [0.5, 0.6) is 0 Å². The molecular formula is C21H25Cl2N3O. The molecule has 1 aliphatic rings. The Bertz CT molecular complexity index is 817. The minimum absolute atomic E-state index is 0.0471. The van der Waals surface area contributed by atoms with Crippen molar-refractivity contribution in [1.29, 1.82) is 0 Å². The molecule has 3 rings (SSSR count). The molecule has 27 heavy (non-hydrogen) atoms. The summed E-state index contributed by atoms with van der Waals surface area (Å²) in [5.41, 5.74) is 2.13. The topological polar surface area (TPSA) is 54.0 Å². The van der Waals surface area contributed by atoms with Gasteiger partial charge in [-0.2, -0.15) is 0 Å². The predicted octanol–water partition coefficient (Wildman–Crippen LogP) is 6.18. The zero-order valence-corrected chi connectivity index (χ0v) is 17.2. The Hall–Kier alpha value is -1.78. The van der Waals surface area contributed by atoms with Gasteiger partial charge in [0.1, 0.15) is 5.82 Å². The number of hydrogen-bond donors (Lipinski definition) is 2. The van der Waals surface area contributed by atoms with E-state index >= 15 is 0 Å². The average molecular weight is 406 g/mol. The molecule has 0 bridgehead atoms. The Balaban J connectivity index is 1.76. The summed E-state index contributed by atoms with van der Waals surface area (Å²) in [6, 6.07) is 8.90. The first kappa shape index (κ1) is 20.0. The smallest absolute Gasteiger partial charge is 0.253 e. The van der Waals surface area contributed by atoms with Gasteiger partial charge in [0, 0.05) is 11.6 Å². The Morgan fingerprint density at radius 2 is 1.93 bits per heavy atom. The Kier molecular flexibility index (Phi) is 6.61. The molecule has 4 nitrogen and oxygen atoms in total. The molecule has 1 aromatic carbocycles. The lowest BCUT2D eigenvalue weighted by Crippen LogP contribution is -2.29. The molecule has 144 valence electrons. The van der Waals surface area contributed by atoms with Crippen LogP contribution in [-0.2, 0) is 0 Å². The second-order valence-corrected chi connectivity index (χ2v) is 8.24. The first-order chi connectivity index (χ1) is 12.9. The summed E-state index contributed by atoms with van der Waals surface area (Å²) in [5, 5.41) is 7.39. The van der Waals surface area contributed by atoms with E-state index in [1.165, 1.54) is 25.7 Å². The molecule has 1 fully saturated rings. The predicted molar refractivity (Wildman–Crippen MR) is 112 cm³/mol. The minimum Gasteiger partial charge on any atom is -0.352 e. The van der Waals surface area contributed by atoms with Crippen LogP contribution >= 0.6 is 23.2 Å². The third-order valence-corrected chi connectivity index (χ3v) is 5.48. The molecular weight excluding hydrogens is 381 g/mol. The van der Waals surface area contributed by atoms with Crippen LogP contribution in [0.1, 0.15) is 61.5 Å². The van der Waals surface area contributed by atoms with Crippen LogP contribution in [0.15, 0.2) is 30.3 Å². The summed E-state index contributed by atoms with van der Waals surface area (Å²) in [5.74, 6) is 1.33. The van der Waals surface area contributed by atoms with E-state index < -0.39 is 0 Å². The second kappa shape index (κ2) is 8.94. The summed E-state index contributed by atoms with van der Waals surface area (Å²) in [6.07, 6.45) is 4.96. The molecule has 2 N–H and O–H groups in total. The van der Waals surface area contributed by atoms with E-state index in [2.05, 4.69) is 15.6 Å². The number of carbonyl (C=O) groups excluding carboxylic acids is 1. The van der Waals surface area contributed by atoms with Gasteiger partial charge < -0.3 is 10.6 Å². The zero-order chi connectivity index (χ0) is 19.4. The van der Waals surface area contributed by atoms with E-state index in [0.29, 0.717) is 27.3 Å². The molecule has 2 aromatic rings. The highest BCUT2D eigenvalue weighted by molar-refractivity contribution is 6.36. The van der Waals surface area contributed by atoms with Gasteiger partial charge in [-0.05, 0) is 55.0 Å². The fourth-order valence-electron chi connectivity index (χ4n) is 3.45. The molecule has 1 heterocycles. The molecule has 0 atom stereocenters. The minimum atomic E-state index is -0.0471. The number of pyridine rings is 1. The summed E-state index contributed by atoms with van der Waals surface area (Å²) in [4.78, 5) is 17.3. The van der Waals surface area contributed by atoms with Gasteiger partial charge >= 0.3 is 0 Å². The molecule has 0 aliphatic heterocycles. The Labute approximate surface area is 170 Å². The quantitative estimate of drug-likeness (QED) is 0.603. The van der Waals surface area contributed by atoms with Crippen LogP contribution in [-0.4, -0.2) is 17.4 Å². The Morgan fingerprint density at radius 3 is 2.59 bits per heavy atom. The van der Waals surface area contributed by atoms with Crippen molar-refractivity contribution >= 4 is 40.6 Å². The van der Waals surface area contributed by atoms with E-state index in [1.54, 1.807) is 18.2 Å². The van der Waals surface area contributed by atoms with Crippen molar-refractivity contribution in [2.45, 2.75) is 45.4 Å². The van der Waals surface area contributed by atoms with Gasteiger partial charge in [0.2, 0.25) is 0 Å². The SMILES string of the molecule is CC(C)c1nc(Nc2ccc(Cl)cc2Cl)ccc1C(=O)NCC1CCCC1. The third kappa shape index (κ3) is 5.14. The monoisotopic (exact) mass is 405 g/mol. The van der Waals surface area contributed by atoms with Crippen LogP contribution in [0.2, 0.25) is 10.0 Å². The van der Waals surface area contributed by atoms with E-state index in [1.807, 2.05) is 26.0 Å². The fourth-order valence-corrected chi connectivity index (χ4v) is 3.91. The molecule has 1 saturated carbocycles. The normalized spacial score (nSPS) is 14.6. The highest BCUT2D eigenvalue weighted by Gasteiger charge is 2.19. The maximum atomic E-state index is 12.7. The second-order valence-electron chi connectivity index (χ2n) is 7.39. The van der Waals surface area contributed by atoms with Crippen molar-refractivity contribution in [2.75, 3.05) is 11.9 Å². The van der Waals surface area contributed by atoms with Gasteiger partial charge in [0.05, 0.1) is 22.0 Å². The molecule has 0 unspecified atom stereocenters. The van der Waals surface area contributed by atoms with Gasteiger partial charge in [-0.3, -0.25) is 4.79 Å². The van der Waals surface area contributed by atoms with E-state index in [4.69, 9.17) is 23.2 Å². The molecule has 0 spiro atoms. The number of carbonyl (C=O) groups is 1. The number of nitrogens with zero attached hydrogens (tertiary/aromatic N) is 1. The lowest BCUT2D eigenvalue weighted by Gasteiger charge is -2.16. The van der Waals surface area contributed by atoms with Gasteiger partial charge in [-0.15, -0.1) is 0 Å². The van der Waals surface area contributed by atoms with Crippen molar-refractivity contribution in [3.8, 4) is 0 Å². The lowest BCUT2D eigenvalue weighted by atomic mass is 10.0. The molecule has 1 aromatic heterocycles. The first-order valence-electron chi connectivity index (χ1n) is 9.45. The van der Waals surface area contributed by atoms with Crippen LogP contribution in [0.3, 0.4) is 0 Å². The zero-order valence-electron chi connectivity index (χ0n) is 15.7. The van der Waals surface area contributed by atoms with Gasteiger partial charge in [0.15, 0.2) is 0 Å². The maximum absolute atomic E-state index is 12.7. The maximum Gasteiger partial charge on any atom is 0.253 e. The highest BCUT2D eigenvalue weighted by atomic mass is 35.5. The van der Waals surface area contributed by atoms with E-state index in [9.17, 15) is 4.79 Å². The molecule has 1 aliphatic carbocycles. The number of anilines is 2. The van der Waals surface area contributed by atoms with E-state index in [-0.39, 0.29) is 11.8 Å². The number of hydrogen-bond acceptors (Lipinski definition) is 3. The molecule has 0 saturated heterocycles. The van der Waals surface area contributed by atoms with Crippen molar-refractivity contribution in [2.24, 2.45) is 5.92 Å². The number of benzene rings is 1. The third-order valence-electron chi connectivity index (χ3n) is 4.94. The van der Waals surface area contributed by atoms with Crippen LogP contribution in [0.4, 0.5) is 11.5 Å². The molecule has 6 heteroatoms. The van der Waals surface area contributed by atoms with E-state index in [0.717, 1.165) is 17.9 Å². The van der Waals surface area contributed by atoms with Gasteiger partial charge in [-0.1, -0.05) is 49.9 Å². The lowest BCUT2D eigenvalue weighted by molar-refractivity contribution is 0.0945. The van der Waals surface area contributed by atoms with Crippen molar-refractivity contribution < 1.29 is 4.79 Å². The van der Waals surface area contributed by atoms with Crippen molar-refractivity contribution in [1.82, 2.24) is 10.3 Å². The number of nitrogens with one attached hydrogen (secondary N) is 2. The summed E-state index contributed by atoms with van der Waals surface area (Å²) in [7, 11) is 0. The molecule has 0 radical (unpaired) electrons. The van der Waals surface area contributed by atoms with Crippen LogP contribution < -0.4 is 10.6 Å². The summed E-state index contributed by atoms with van der Waals surface area (Å²) < 4.78 is 0. The highest BCUT2D eigenvalue weighted by Crippen LogP contribution is 2.29. The fraction of sp³-hybridized carbons (Fsp3) is 0.429. The van der Waals surface area contributed by atoms with Crippen LogP contribution in [0, 0.1) is 5.92 Å². The average Bonchev–Trinajstić information content (AvgIpc) is 3.15. The molecule has 1 amide bonds. The number of aromatic nitrogens is 1. The van der Waals surface area contributed by atoms with Crippen molar-refractivity contribution in [3.63, 3.8) is 0 Å². The summed E-state index contributed by atoms with van der Waals surface area (Å²) >= 11 is 12.2.